The van der Waals surface area contributed by atoms with Crippen LogP contribution in [0.4, 0.5) is 0 Å². The van der Waals surface area contributed by atoms with Crippen molar-refractivity contribution in [3.63, 3.8) is 0 Å². The fourth-order valence-electron chi connectivity index (χ4n) is 8.65. The number of halogens is 1. The van der Waals surface area contributed by atoms with Crippen molar-refractivity contribution in [2.75, 3.05) is 13.7 Å². The van der Waals surface area contributed by atoms with Crippen LogP contribution in [0.25, 0.3) is 10.9 Å². The first-order valence-electron chi connectivity index (χ1n) is 13.8. The molecule has 37 heavy (non-hydrogen) atoms. The van der Waals surface area contributed by atoms with Crippen LogP contribution >= 0.6 is 15.9 Å². The summed E-state index contributed by atoms with van der Waals surface area (Å²) in [5, 5.41) is 4.09. The zero-order chi connectivity index (χ0) is 25.5. The molecule has 0 spiro atoms. The number of nitrogens with one attached hydrogen (secondary N) is 1. The van der Waals surface area contributed by atoms with E-state index in [-0.39, 0.29) is 11.3 Å². The summed E-state index contributed by atoms with van der Waals surface area (Å²) in [7, 11) is 1.70. The van der Waals surface area contributed by atoms with E-state index in [0.717, 1.165) is 62.6 Å². The Morgan fingerprint density at radius 2 is 1.86 bits per heavy atom. The molecule has 2 aromatic carbocycles. The molecule has 8 rings (SSSR count). The number of carbonyl (C=O) groups excluding carboxylic acids is 1. The van der Waals surface area contributed by atoms with Crippen molar-refractivity contribution in [2.45, 2.75) is 70.8 Å². The Balaban J connectivity index is 1.37. The lowest BCUT2D eigenvalue weighted by atomic mass is 9.48. The van der Waals surface area contributed by atoms with Gasteiger partial charge in [0.1, 0.15) is 11.5 Å². The van der Waals surface area contributed by atoms with E-state index in [1.54, 1.807) is 14.0 Å². The summed E-state index contributed by atoms with van der Waals surface area (Å²) in [4.78, 5) is 11.7. The minimum Gasteiger partial charge on any atom is -0.496 e. The summed E-state index contributed by atoms with van der Waals surface area (Å²) in [5.41, 5.74) is 6.60. The van der Waals surface area contributed by atoms with Crippen LogP contribution in [0.3, 0.4) is 0 Å². The fraction of sp³-hybridized carbons (Fsp3) is 0.516. The quantitative estimate of drug-likeness (QED) is 0.284. The van der Waals surface area contributed by atoms with E-state index < -0.39 is 0 Å². The Bertz CT molecular complexity index is 1400. The van der Waals surface area contributed by atoms with Crippen LogP contribution < -0.4 is 14.8 Å². The second kappa shape index (κ2) is 8.52. The molecule has 6 heteroatoms. The number of hydrogen-bond acceptors (Lipinski definition) is 3. The van der Waals surface area contributed by atoms with Gasteiger partial charge in [0.2, 0.25) is 11.8 Å². The van der Waals surface area contributed by atoms with Gasteiger partial charge in [-0.1, -0.05) is 17.7 Å². The standard InChI is InChI=1S/C31H35BrN2O3/c1-17-8-22-16-34-25-4-5-26(36-3)28(32)27(25)23(6-7-33-18(2)35)30(34)37-29(22)24(9-17)31-13-19-10-20(14-31)12-21(11-19)15-31/h4-5,8-9,19-21H,6-7,10-16H2,1-3H3,(H,33,35). The maximum Gasteiger partial charge on any atom is 0.216 e. The summed E-state index contributed by atoms with van der Waals surface area (Å²) in [6, 6.07) is 8.92. The summed E-state index contributed by atoms with van der Waals surface area (Å²) in [6.45, 7) is 5.17. The molecule has 1 amide bonds. The van der Waals surface area contributed by atoms with Gasteiger partial charge in [0.15, 0.2) is 0 Å². The van der Waals surface area contributed by atoms with Crippen molar-refractivity contribution in [3.8, 4) is 17.4 Å². The van der Waals surface area contributed by atoms with Crippen LogP contribution in [0.15, 0.2) is 28.7 Å². The molecule has 0 atom stereocenters. The van der Waals surface area contributed by atoms with Gasteiger partial charge in [-0.15, -0.1) is 0 Å². The number of amides is 1. The molecule has 0 saturated heterocycles. The smallest absolute Gasteiger partial charge is 0.216 e. The van der Waals surface area contributed by atoms with Crippen molar-refractivity contribution in [1.82, 2.24) is 9.88 Å². The van der Waals surface area contributed by atoms with E-state index in [0.29, 0.717) is 13.0 Å². The van der Waals surface area contributed by atoms with Crippen LogP contribution in [0, 0.1) is 24.7 Å². The van der Waals surface area contributed by atoms with Crippen molar-refractivity contribution >= 4 is 32.7 Å². The van der Waals surface area contributed by atoms with Crippen LogP contribution in [0.5, 0.6) is 17.4 Å². The van der Waals surface area contributed by atoms with Crippen molar-refractivity contribution in [1.29, 1.82) is 0 Å². The van der Waals surface area contributed by atoms with Gasteiger partial charge in [-0.2, -0.15) is 0 Å². The number of aryl methyl sites for hydroxylation is 1. The van der Waals surface area contributed by atoms with Gasteiger partial charge in [0.05, 0.1) is 23.6 Å². The first kappa shape index (κ1) is 23.6. The Labute approximate surface area is 227 Å². The molecule has 4 aliphatic carbocycles. The fourth-order valence-corrected chi connectivity index (χ4v) is 9.39. The second-order valence-corrected chi connectivity index (χ2v) is 13.0. The van der Waals surface area contributed by atoms with Gasteiger partial charge in [0, 0.05) is 35.5 Å². The zero-order valence-electron chi connectivity index (χ0n) is 22.0. The Hall–Kier alpha value is -2.47. The minimum atomic E-state index is -0.0140. The minimum absolute atomic E-state index is 0.0140. The van der Waals surface area contributed by atoms with E-state index in [9.17, 15) is 4.79 Å². The molecule has 4 fully saturated rings. The van der Waals surface area contributed by atoms with Gasteiger partial charge in [-0.3, -0.25) is 4.79 Å². The topological polar surface area (TPSA) is 52.5 Å². The number of fused-ring (bicyclic) bond motifs is 4. The molecule has 2 heterocycles. The number of carbonyl (C=O) groups is 1. The van der Waals surface area contributed by atoms with Crippen LogP contribution in [0.1, 0.15) is 67.7 Å². The highest BCUT2D eigenvalue weighted by atomic mass is 79.9. The molecule has 0 radical (unpaired) electrons. The predicted octanol–water partition coefficient (Wildman–Crippen LogP) is 7.02. The van der Waals surface area contributed by atoms with E-state index in [1.165, 1.54) is 55.2 Å². The van der Waals surface area contributed by atoms with Crippen LogP contribution in [0.2, 0.25) is 0 Å². The lowest BCUT2D eigenvalue weighted by molar-refractivity contribution is -0.118. The number of nitrogens with zero attached hydrogens (tertiary/aromatic N) is 1. The average molecular weight is 564 g/mol. The first-order valence-corrected chi connectivity index (χ1v) is 14.6. The predicted molar refractivity (Wildman–Crippen MR) is 149 cm³/mol. The average Bonchev–Trinajstić information content (AvgIpc) is 3.15. The van der Waals surface area contributed by atoms with Gasteiger partial charge in [-0.05, 0) is 103 Å². The highest BCUT2D eigenvalue weighted by Crippen LogP contribution is 2.63. The van der Waals surface area contributed by atoms with Crippen molar-refractivity contribution < 1.29 is 14.3 Å². The Kier molecular flexibility index (Phi) is 5.44. The van der Waals surface area contributed by atoms with Crippen molar-refractivity contribution in [3.05, 3.63) is 51.0 Å². The second-order valence-electron chi connectivity index (χ2n) is 12.2. The lowest BCUT2D eigenvalue weighted by Gasteiger charge is -2.57. The monoisotopic (exact) mass is 562 g/mol. The lowest BCUT2D eigenvalue weighted by Crippen LogP contribution is -2.48. The van der Waals surface area contributed by atoms with Crippen LogP contribution in [-0.4, -0.2) is 24.1 Å². The van der Waals surface area contributed by atoms with E-state index in [2.05, 4.69) is 50.9 Å². The Morgan fingerprint density at radius 3 is 2.51 bits per heavy atom. The molecule has 5 nitrogen and oxygen atoms in total. The molecule has 1 aliphatic heterocycles. The number of aromatic nitrogens is 1. The summed E-state index contributed by atoms with van der Waals surface area (Å²) in [5.74, 6) is 5.46. The molecule has 1 N–H and O–H groups in total. The van der Waals surface area contributed by atoms with Gasteiger partial charge in [0.25, 0.3) is 0 Å². The normalized spacial score (nSPS) is 27.1. The van der Waals surface area contributed by atoms with Gasteiger partial charge in [-0.25, -0.2) is 0 Å². The molecule has 1 aromatic heterocycles. The van der Waals surface area contributed by atoms with Gasteiger partial charge >= 0.3 is 0 Å². The number of benzene rings is 2. The van der Waals surface area contributed by atoms with E-state index in [1.807, 2.05) is 6.07 Å². The SMILES string of the molecule is COc1ccc2c(c1Br)c(CCNC(C)=O)c1n2Cc2cc(C)cc(C34CC5CC(CC(C5)C3)C4)c2O1. The molecule has 194 valence electrons. The molecule has 4 bridgehead atoms. The molecule has 5 aliphatic rings. The third-order valence-corrected chi connectivity index (χ3v) is 10.4. The number of hydrogen-bond donors (Lipinski definition) is 1. The molecular formula is C31H35BrN2O3. The van der Waals surface area contributed by atoms with Crippen LogP contribution in [-0.2, 0) is 23.2 Å². The molecule has 0 unspecified atom stereocenters. The molecule has 4 saturated carbocycles. The summed E-state index contributed by atoms with van der Waals surface area (Å²) < 4.78 is 15.9. The highest BCUT2D eigenvalue weighted by molar-refractivity contribution is 9.10. The molecule has 3 aromatic rings. The third kappa shape index (κ3) is 3.65. The maximum atomic E-state index is 11.7. The number of methoxy groups -OCH3 is 1. The number of ether oxygens (including phenoxy) is 2. The van der Waals surface area contributed by atoms with E-state index in [4.69, 9.17) is 9.47 Å². The number of rotatable bonds is 5. The van der Waals surface area contributed by atoms with Gasteiger partial charge < -0.3 is 19.4 Å². The zero-order valence-corrected chi connectivity index (χ0v) is 23.5. The Morgan fingerprint density at radius 1 is 1.16 bits per heavy atom. The summed E-state index contributed by atoms with van der Waals surface area (Å²) in [6.07, 6.45) is 8.96. The maximum absolute atomic E-state index is 11.7. The summed E-state index contributed by atoms with van der Waals surface area (Å²) >= 11 is 3.83. The third-order valence-electron chi connectivity index (χ3n) is 9.60. The largest absolute Gasteiger partial charge is 0.496 e. The first-order chi connectivity index (χ1) is 17.8. The van der Waals surface area contributed by atoms with E-state index >= 15 is 0 Å². The highest BCUT2D eigenvalue weighted by Gasteiger charge is 2.53. The van der Waals surface area contributed by atoms with Crippen molar-refractivity contribution in [2.24, 2.45) is 17.8 Å². The molecular weight excluding hydrogens is 528 g/mol.